The summed E-state index contributed by atoms with van der Waals surface area (Å²) in [6.07, 6.45) is 2.61. The highest BCUT2D eigenvalue weighted by molar-refractivity contribution is 5.98. The molecular formula is C18H22O6. The Labute approximate surface area is 140 Å². The van der Waals surface area contributed by atoms with Gasteiger partial charge in [0.25, 0.3) is 0 Å². The molecule has 0 fully saturated rings. The summed E-state index contributed by atoms with van der Waals surface area (Å²) in [5.74, 6) is -1.45. The molecule has 0 amide bonds. The number of methoxy groups -OCH3 is 1. The highest BCUT2D eigenvalue weighted by atomic mass is 16.5. The number of hydrogen-bond acceptors (Lipinski definition) is 5. The summed E-state index contributed by atoms with van der Waals surface area (Å²) in [4.78, 5) is 22.8. The SMILES string of the molecule is COc1c(C)c2c(c(O)c1C/C=C(\C)CC(C)C(=O)O)C(=O)OC2. The normalized spacial score (nSPS) is 15.0. The zero-order valence-corrected chi connectivity index (χ0v) is 14.3. The van der Waals surface area contributed by atoms with E-state index in [1.165, 1.54) is 7.11 Å². The van der Waals surface area contributed by atoms with E-state index in [1.807, 2.05) is 19.9 Å². The molecule has 24 heavy (non-hydrogen) atoms. The van der Waals surface area contributed by atoms with Crippen LogP contribution in [-0.4, -0.2) is 29.3 Å². The van der Waals surface area contributed by atoms with Gasteiger partial charge >= 0.3 is 11.9 Å². The number of carboxylic acids is 1. The molecule has 0 saturated heterocycles. The van der Waals surface area contributed by atoms with Gasteiger partial charge in [-0.2, -0.15) is 0 Å². The summed E-state index contributed by atoms with van der Waals surface area (Å²) in [7, 11) is 1.51. The number of fused-ring (bicyclic) bond motifs is 1. The van der Waals surface area contributed by atoms with Crippen LogP contribution in [0.25, 0.3) is 0 Å². The van der Waals surface area contributed by atoms with Gasteiger partial charge in [0.2, 0.25) is 0 Å². The first-order valence-electron chi connectivity index (χ1n) is 7.74. The van der Waals surface area contributed by atoms with Gasteiger partial charge in [-0.3, -0.25) is 4.79 Å². The van der Waals surface area contributed by atoms with E-state index in [1.54, 1.807) is 6.92 Å². The van der Waals surface area contributed by atoms with Crippen molar-refractivity contribution in [3.05, 3.63) is 33.9 Å². The number of allylic oxidation sites excluding steroid dienone is 2. The van der Waals surface area contributed by atoms with E-state index in [-0.39, 0.29) is 17.9 Å². The predicted molar refractivity (Wildman–Crippen MR) is 87.4 cm³/mol. The smallest absolute Gasteiger partial charge is 0.342 e. The molecule has 2 N–H and O–H groups in total. The lowest BCUT2D eigenvalue weighted by Crippen LogP contribution is -2.09. The molecule has 0 aliphatic carbocycles. The number of carboxylic acid groups (broad SMARTS) is 1. The predicted octanol–water partition coefficient (Wildman–Crippen LogP) is 2.98. The molecule has 0 bridgehead atoms. The first kappa shape index (κ1) is 17.8. The van der Waals surface area contributed by atoms with Crippen LogP contribution in [0.15, 0.2) is 11.6 Å². The fraction of sp³-hybridized carbons (Fsp3) is 0.444. The molecule has 1 aromatic rings. The lowest BCUT2D eigenvalue weighted by Gasteiger charge is -2.16. The Morgan fingerprint density at radius 3 is 2.71 bits per heavy atom. The Morgan fingerprint density at radius 1 is 1.46 bits per heavy atom. The van der Waals surface area contributed by atoms with Gasteiger partial charge in [0, 0.05) is 11.1 Å². The maximum Gasteiger partial charge on any atom is 0.342 e. The minimum absolute atomic E-state index is 0.120. The molecule has 2 rings (SSSR count). The molecular weight excluding hydrogens is 312 g/mol. The van der Waals surface area contributed by atoms with Crippen LogP contribution in [0.5, 0.6) is 11.5 Å². The Bertz CT molecular complexity index is 717. The van der Waals surface area contributed by atoms with Crippen LogP contribution in [0, 0.1) is 12.8 Å². The number of ether oxygens (including phenoxy) is 2. The van der Waals surface area contributed by atoms with E-state index in [9.17, 15) is 14.7 Å². The van der Waals surface area contributed by atoms with Crippen molar-refractivity contribution in [2.45, 2.75) is 40.2 Å². The van der Waals surface area contributed by atoms with Crippen molar-refractivity contribution in [3.8, 4) is 11.5 Å². The summed E-state index contributed by atoms with van der Waals surface area (Å²) < 4.78 is 10.4. The third kappa shape index (κ3) is 3.22. The third-order valence-corrected chi connectivity index (χ3v) is 4.35. The van der Waals surface area contributed by atoms with Crippen LogP contribution in [0.2, 0.25) is 0 Å². The monoisotopic (exact) mass is 334 g/mol. The van der Waals surface area contributed by atoms with Gasteiger partial charge in [-0.15, -0.1) is 0 Å². The van der Waals surface area contributed by atoms with E-state index >= 15 is 0 Å². The minimum Gasteiger partial charge on any atom is -0.507 e. The van der Waals surface area contributed by atoms with Crippen molar-refractivity contribution in [3.63, 3.8) is 0 Å². The molecule has 1 atom stereocenters. The maximum absolute atomic E-state index is 11.8. The summed E-state index contributed by atoms with van der Waals surface area (Å²) in [6, 6.07) is 0. The van der Waals surface area contributed by atoms with Crippen molar-refractivity contribution in [1.82, 2.24) is 0 Å². The highest BCUT2D eigenvalue weighted by Gasteiger charge is 2.31. The molecule has 1 aromatic carbocycles. The van der Waals surface area contributed by atoms with Gasteiger partial charge in [0.15, 0.2) is 0 Å². The largest absolute Gasteiger partial charge is 0.507 e. The molecule has 130 valence electrons. The quantitative estimate of drug-likeness (QED) is 0.614. The van der Waals surface area contributed by atoms with Gasteiger partial charge < -0.3 is 19.7 Å². The Hall–Kier alpha value is -2.50. The number of rotatable bonds is 6. The second-order valence-electron chi connectivity index (χ2n) is 6.11. The van der Waals surface area contributed by atoms with Gasteiger partial charge in [-0.05, 0) is 32.3 Å². The molecule has 0 aromatic heterocycles. The molecule has 1 aliphatic rings. The Kier molecular flexibility index (Phi) is 5.17. The van der Waals surface area contributed by atoms with Crippen LogP contribution in [0.3, 0.4) is 0 Å². The number of hydrogen-bond donors (Lipinski definition) is 2. The van der Waals surface area contributed by atoms with Crippen LogP contribution in [-0.2, 0) is 22.6 Å². The number of aliphatic carboxylic acids is 1. The van der Waals surface area contributed by atoms with E-state index in [0.717, 1.165) is 11.1 Å². The maximum atomic E-state index is 11.8. The fourth-order valence-electron chi connectivity index (χ4n) is 2.96. The summed E-state index contributed by atoms with van der Waals surface area (Å²) in [6.45, 7) is 5.45. The first-order chi connectivity index (χ1) is 11.3. The highest BCUT2D eigenvalue weighted by Crippen LogP contribution is 2.42. The Balaban J connectivity index is 2.37. The second-order valence-corrected chi connectivity index (χ2v) is 6.11. The zero-order chi connectivity index (χ0) is 18.0. The molecule has 1 unspecified atom stereocenters. The second kappa shape index (κ2) is 6.95. The lowest BCUT2D eigenvalue weighted by molar-refractivity contribution is -0.141. The Morgan fingerprint density at radius 2 is 2.12 bits per heavy atom. The van der Waals surface area contributed by atoms with Crippen LogP contribution in [0.4, 0.5) is 0 Å². The number of carbonyl (C=O) groups is 2. The van der Waals surface area contributed by atoms with Crippen molar-refractivity contribution < 1.29 is 29.3 Å². The number of cyclic esters (lactones) is 1. The van der Waals surface area contributed by atoms with Gasteiger partial charge in [0.1, 0.15) is 23.7 Å². The third-order valence-electron chi connectivity index (χ3n) is 4.35. The van der Waals surface area contributed by atoms with Crippen molar-refractivity contribution in [1.29, 1.82) is 0 Å². The first-order valence-corrected chi connectivity index (χ1v) is 7.74. The van der Waals surface area contributed by atoms with Gasteiger partial charge in [0.05, 0.1) is 13.0 Å². The minimum atomic E-state index is -0.848. The number of phenols is 1. The summed E-state index contributed by atoms with van der Waals surface area (Å²) in [5, 5.41) is 19.5. The number of esters is 1. The molecule has 1 heterocycles. The van der Waals surface area contributed by atoms with Crippen molar-refractivity contribution in [2.24, 2.45) is 5.92 Å². The average Bonchev–Trinajstić information content (AvgIpc) is 2.91. The number of carbonyl (C=O) groups excluding carboxylic acids is 1. The van der Waals surface area contributed by atoms with E-state index in [4.69, 9.17) is 14.6 Å². The topological polar surface area (TPSA) is 93.1 Å². The standard InChI is InChI=1S/C18H22O6/c1-9(7-10(2)17(20)21)5-6-12-15(19)14-13(8-24-18(14)22)11(3)16(12)23-4/h5,10,19H,6-8H2,1-4H3,(H,20,21)/b9-5+. The summed E-state index contributed by atoms with van der Waals surface area (Å²) >= 11 is 0. The molecule has 0 saturated carbocycles. The van der Waals surface area contributed by atoms with E-state index in [0.29, 0.717) is 29.7 Å². The van der Waals surface area contributed by atoms with E-state index in [2.05, 4.69) is 0 Å². The molecule has 0 radical (unpaired) electrons. The van der Waals surface area contributed by atoms with Crippen molar-refractivity contribution in [2.75, 3.05) is 7.11 Å². The van der Waals surface area contributed by atoms with Gasteiger partial charge in [-0.25, -0.2) is 4.79 Å². The average molecular weight is 334 g/mol. The molecule has 0 spiro atoms. The molecule has 1 aliphatic heterocycles. The van der Waals surface area contributed by atoms with E-state index < -0.39 is 17.9 Å². The molecule has 6 nitrogen and oxygen atoms in total. The van der Waals surface area contributed by atoms with Crippen molar-refractivity contribution >= 4 is 11.9 Å². The zero-order valence-electron chi connectivity index (χ0n) is 14.3. The number of phenolic OH excluding ortho intramolecular Hbond substituents is 1. The number of aromatic hydroxyl groups is 1. The lowest BCUT2D eigenvalue weighted by atomic mass is 9.94. The fourth-order valence-corrected chi connectivity index (χ4v) is 2.96. The van der Waals surface area contributed by atoms with Crippen LogP contribution < -0.4 is 4.74 Å². The molecule has 6 heteroatoms. The van der Waals surface area contributed by atoms with Crippen LogP contribution in [0.1, 0.15) is 47.3 Å². The van der Waals surface area contributed by atoms with Crippen LogP contribution >= 0.6 is 0 Å². The summed E-state index contributed by atoms with van der Waals surface area (Å²) in [5.41, 5.74) is 3.03. The number of benzene rings is 1. The van der Waals surface area contributed by atoms with Gasteiger partial charge in [-0.1, -0.05) is 18.6 Å².